The van der Waals surface area contributed by atoms with Crippen LogP contribution in [0, 0.1) is 0 Å². The van der Waals surface area contributed by atoms with Gasteiger partial charge in [-0.3, -0.25) is 9.59 Å². The van der Waals surface area contributed by atoms with Gasteiger partial charge in [0.2, 0.25) is 5.91 Å². The normalized spacial score (nSPS) is 20.6. The number of carbonyl (C=O) groups excluding carboxylic acids is 1. The van der Waals surface area contributed by atoms with Crippen molar-refractivity contribution >= 4 is 23.2 Å². The molecule has 0 saturated carbocycles. The maximum Gasteiger partial charge on any atom is 0.305 e. The van der Waals surface area contributed by atoms with Crippen molar-refractivity contribution in [3.63, 3.8) is 0 Å². The summed E-state index contributed by atoms with van der Waals surface area (Å²) in [6, 6.07) is 3.19. The van der Waals surface area contributed by atoms with Crippen molar-refractivity contribution in [3.05, 3.63) is 22.4 Å². The minimum Gasteiger partial charge on any atom is -0.481 e. The number of thiophene rings is 1. The van der Waals surface area contributed by atoms with E-state index in [4.69, 9.17) is 9.84 Å². The van der Waals surface area contributed by atoms with E-state index >= 15 is 0 Å². The van der Waals surface area contributed by atoms with Crippen molar-refractivity contribution in [2.24, 2.45) is 0 Å². The lowest BCUT2D eigenvalue weighted by atomic mass is 10.1. The van der Waals surface area contributed by atoms with E-state index in [1.807, 2.05) is 17.5 Å². The van der Waals surface area contributed by atoms with E-state index in [0.717, 1.165) is 11.3 Å². The second-order valence-electron chi connectivity index (χ2n) is 4.18. The second kappa shape index (κ2) is 5.97. The Bertz CT molecular complexity index is 412. The number of nitrogens with one attached hydrogen (secondary N) is 1. The van der Waals surface area contributed by atoms with Crippen LogP contribution in [0.3, 0.4) is 0 Å². The number of carboxylic acids is 1. The van der Waals surface area contributed by atoms with Gasteiger partial charge in [-0.2, -0.15) is 0 Å². The van der Waals surface area contributed by atoms with Gasteiger partial charge in [0.25, 0.3) is 0 Å². The number of carboxylic acid groups (broad SMARTS) is 1. The Morgan fingerprint density at radius 3 is 3.00 bits per heavy atom. The largest absolute Gasteiger partial charge is 0.481 e. The molecule has 2 heterocycles. The van der Waals surface area contributed by atoms with Crippen molar-refractivity contribution < 1.29 is 19.4 Å². The van der Waals surface area contributed by atoms with Crippen LogP contribution >= 0.6 is 11.3 Å². The number of amides is 1. The number of hydrogen-bond donors (Lipinski definition) is 2. The molecule has 6 heteroatoms. The number of rotatable bonds is 5. The minimum absolute atomic E-state index is 0.112. The number of ether oxygens (including phenoxy) is 1. The zero-order valence-electron chi connectivity index (χ0n) is 9.80. The first kappa shape index (κ1) is 13.0. The fourth-order valence-corrected chi connectivity index (χ4v) is 2.71. The average molecular weight is 269 g/mol. The molecule has 0 spiro atoms. The van der Waals surface area contributed by atoms with Crippen LogP contribution in [0.15, 0.2) is 17.5 Å². The molecule has 1 aliphatic rings. The quantitative estimate of drug-likeness (QED) is 0.850. The van der Waals surface area contributed by atoms with Crippen LogP contribution in [0.5, 0.6) is 0 Å². The van der Waals surface area contributed by atoms with Gasteiger partial charge in [-0.05, 0) is 24.3 Å². The molecular weight excluding hydrogens is 254 g/mol. The van der Waals surface area contributed by atoms with E-state index in [2.05, 4.69) is 5.32 Å². The van der Waals surface area contributed by atoms with E-state index in [-0.39, 0.29) is 12.3 Å². The van der Waals surface area contributed by atoms with Crippen molar-refractivity contribution in [1.82, 2.24) is 5.32 Å². The molecule has 1 aliphatic heterocycles. The predicted molar refractivity (Wildman–Crippen MR) is 66.4 cm³/mol. The summed E-state index contributed by atoms with van der Waals surface area (Å²) < 4.78 is 5.28. The van der Waals surface area contributed by atoms with Gasteiger partial charge in [0, 0.05) is 11.5 Å². The SMILES string of the molecule is O=C(O)C[C@@H](NC(=O)[C@@H]1CCCO1)c1cccs1. The molecule has 5 nitrogen and oxygen atoms in total. The van der Waals surface area contributed by atoms with Crippen LogP contribution < -0.4 is 5.32 Å². The van der Waals surface area contributed by atoms with Crippen LogP contribution in [-0.2, 0) is 14.3 Å². The zero-order chi connectivity index (χ0) is 13.0. The molecule has 2 atom stereocenters. The molecule has 98 valence electrons. The lowest BCUT2D eigenvalue weighted by Crippen LogP contribution is -2.37. The highest BCUT2D eigenvalue weighted by Gasteiger charge is 2.27. The van der Waals surface area contributed by atoms with Crippen LogP contribution in [0.25, 0.3) is 0 Å². The van der Waals surface area contributed by atoms with E-state index in [1.165, 1.54) is 11.3 Å². The Balaban J connectivity index is 2.00. The lowest BCUT2D eigenvalue weighted by Gasteiger charge is -2.18. The van der Waals surface area contributed by atoms with Gasteiger partial charge in [0.1, 0.15) is 6.10 Å². The summed E-state index contributed by atoms with van der Waals surface area (Å²) in [5, 5.41) is 13.5. The van der Waals surface area contributed by atoms with E-state index in [1.54, 1.807) is 0 Å². The lowest BCUT2D eigenvalue weighted by molar-refractivity contribution is -0.138. The van der Waals surface area contributed by atoms with Gasteiger partial charge in [0.15, 0.2) is 0 Å². The summed E-state index contributed by atoms with van der Waals surface area (Å²) in [6.07, 6.45) is 1.04. The monoisotopic (exact) mass is 269 g/mol. The molecule has 1 aromatic rings. The van der Waals surface area contributed by atoms with Crippen molar-refractivity contribution in [1.29, 1.82) is 0 Å². The molecule has 0 radical (unpaired) electrons. The first-order chi connectivity index (χ1) is 8.66. The first-order valence-electron chi connectivity index (χ1n) is 5.84. The van der Waals surface area contributed by atoms with Gasteiger partial charge in [-0.15, -0.1) is 11.3 Å². The van der Waals surface area contributed by atoms with Crippen molar-refractivity contribution in [2.45, 2.75) is 31.4 Å². The molecule has 1 aromatic heterocycles. The summed E-state index contributed by atoms with van der Waals surface area (Å²) >= 11 is 1.44. The van der Waals surface area contributed by atoms with Gasteiger partial charge in [-0.25, -0.2) is 0 Å². The van der Waals surface area contributed by atoms with Gasteiger partial charge in [-0.1, -0.05) is 6.07 Å². The minimum atomic E-state index is -0.930. The maximum absolute atomic E-state index is 11.9. The highest BCUT2D eigenvalue weighted by Crippen LogP contribution is 2.23. The molecule has 0 aromatic carbocycles. The number of hydrogen-bond acceptors (Lipinski definition) is 4. The summed E-state index contributed by atoms with van der Waals surface area (Å²) in [7, 11) is 0. The summed E-state index contributed by atoms with van der Waals surface area (Å²) in [6.45, 7) is 0.598. The Kier molecular flexibility index (Phi) is 4.33. The Morgan fingerprint density at radius 1 is 1.61 bits per heavy atom. The molecule has 2 rings (SSSR count). The number of aliphatic carboxylic acids is 1. The zero-order valence-corrected chi connectivity index (χ0v) is 10.6. The smallest absolute Gasteiger partial charge is 0.305 e. The Labute approximate surface area is 109 Å². The standard InChI is InChI=1S/C12H15NO4S/c14-11(15)7-8(10-4-2-6-18-10)13-12(16)9-3-1-5-17-9/h2,4,6,8-9H,1,3,5,7H2,(H,13,16)(H,14,15)/t8-,9+/m1/s1. The van der Waals surface area contributed by atoms with Crippen molar-refractivity contribution in [2.75, 3.05) is 6.61 Å². The van der Waals surface area contributed by atoms with Gasteiger partial charge >= 0.3 is 5.97 Å². The van der Waals surface area contributed by atoms with Gasteiger partial charge < -0.3 is 15.2 Å². The highest BCUT2D eigenvalue weighted by molar-refractivity contribution is 7.10. The molecular formula is C12H15NO4S. The maximum atomic E-state index is 11.9. The average Bonchev–Trinajstić information content (AvgIpc) is 3.01. The molecule has 2 N–H and O–H groups in total. The van der Waals surface area contributed by atoms with Crippen LogP contribution in [-0.4, -0.2) is 29.7 Å². The summed E-state index contributed by atoms with van der Waals surface area (Å²) in [4.78, 5) is 23.6. The summed E-state index contributed by atoms with van der Waals surface area (Å²) in [5.74, 6) is -1.15. The Hall–Kier alpha value is -1.40. The van der Waals surface area contributed by atoms with Crippen LogP contribution in [0.1, 0.15) is 30.2 Å². The molecule has 1 amide bonds. The van der Waals surface area contributed by atoms with Crippen LogP contribution in [0.4, 0.5) is 0 Å². The number of carbonyl (C=O) groups is 2. The second-order valence-corrected chi connectivity index (χ2v) is 5.16. The fourth-order valence-electron chi connectivity index (χ4n) is 1.94. The molecule has 1 saturated heterocycles. The molecule has 1 fully saturated rings. The molecule has 0 aliphatic carbocycles. The first-order valence-corrected chi connectivity index (χ1v) is 6.72. The predicted octanol–water partition coefficient (Wildman–Crippen LogP) is 1.56. The van der Waals surface area contributed by atoms with E-state index in [0.29, 0.717) is 13.0 Å². The highest BCUT2D eigenvalue weighted by atomic mass is 32.1. The molecule has 0 unspecified atom stereocenters. The third-order valence-electron chi connectivity index (χ3n) is 2.80. The third-order valence-corrected chi connectivity index (χ3v) is 3.79. The fraction of sp³-hybridized carbons (Fsp3) is 0.500. The van der Waals surface area contributed by atoms with Crippen molar-refractivity contribution in [3.8, 4) is 0 Å². The van der Waals surface area contributed by atoms with Crippen LogP contribution in [0.2, 0.25) is 0 Å². The van der Waals surface area contributed by atoms with E-state index in [9.17, 15) is 9.59 Å². The van der Waals surface area contributed by atoms with Gasteiger partial charge in [0.05, 0.1) is 12.5 Å². The van der Waals surface area contributed by atoms with E-state index < -0.39 is 18.1 Å². The molecule has 0 bridgehead atoms. The molecule has 18 heavy (non-hydrogen) atoms. The topological polar surface area (TPSA) is 75.6 Å². The third kappa shape index (κ3) is 3.30. The Morgan fingerprint density at radius 2 is 2.44 bits per heavy atom. The summed E-state index contributed by atoms with van der Waals surface area (Å²) in [5.41, 5.74) is 0.